The van der Waals surface area contributed by atoms with Gasteiger partial charge in [-0.2, -0.15) is 4.37 Å². The Kier molecular flexibility index (Phi) is 5.63. The largest absolute Gasteiger partial charge is 0.367 e. The summed E-state index contributed by atoms with van der Waals surface area (Å²) in [5, 5.41) is 7.21. The summed E-state index contributed by atoms with van der Waals surface area (Å²) in [5.74, 6) is 0.519. The number of amides is 1. The van der Waals surface area contributed by atoms with Gasteiger partial charge >= 0.3 is 0 Å². The van der Waals surface area contributed by atoms with E-state index < -0.39 is 0 Å². The van der Waals surface area contributed by atoms with E-state index in [2.05, 4.69) is 15.0 Å². The molecular weight excluding hydrogens is 382 g/mol. The van der Waals surface area contributed by atoms with Gasteiger partial charge in [-0.1, -0.05) is 54.6 Å². The van der Waals surface area contributed by atoms with Crippen LogP contribution in [0, 0.1) is 0 Å². The molecule has 144 valence electrons. The first kappa shape index (κ1) is 18.8. The minimum Gasteiger partial charge on any atom is -0.367 e. The lowest BCUT2D eigenvalue weighted by atomic mass is 10.0. The number of rotatable bonds is 7. The van der Waals surface area contributed by atoms with Crippen LogP contribution in [0.5, 0.6) is 0 Å². The molecule has 2 N–H and O–H groups in total. The van der Waals surface area contributed by atoms with Crippen molar-refractivity contribution in [1.29, 1.82) is 0 Å². The third-order valence-electron chi connectivity index (χ3n) is 4.50. The second-order valence-corrected chi connectivity index (χ2v) is 7.29. The second kappa shape index (κ2) is 8.67. The first-order valence-electron chi connectivity index (χ1n) is 9.29. The van der Waals surface area contributed by atoms with Gasteiger partial charge in [0.1, 0.15) is 5.82 Å². The van der Waals surface area contributed by atoms with Gasteiger partial charge in [0.2, 0.25) is 0 Å². The van der Waals surface area contributed by atoms with Crippen LogP contribution in [0.1, 0.15) is 26.3 Å². The molecule has 3 aromatic carbocycles. The first-order valence-corrected chi connectivity index (χ1v) is 10.1. The van der Waals surface area contributed by atoms with Crippen LogP contribution in [0.15, 0.2) is 78.9 Å². The van der Waals surface area contributed by atoms with Crippen LogP contribution in [-0.4, -0.2) is 29.2 Å². The number of ketones is 1. The van der Waals surface area contributed by atoms with Gasteiger partial charge < -0.3 is 10.6 Å². The molecule has 0 saturated carbocycles. The molecule has 0 fully saturated rings. The van der Waals surface area contributed by atoms with Crippen LogP contribution < -0.4 is 10.6 Å². The first-order chi connectivity index (χ1) is 14.2. The van der Waals surface area contributed by atoms with E-state index in [4.69, 9.17) is 0 Å². The number of aromatic nitrogens is 1. The van der Waals surface area contributed by atoms with Crippen molar-refractivity contribution in [3.8, 4) is 0 Å². The zero-order chi connectivity index (χ0) is 20.1. The van der Waals surface area contributed by atoms with Crippen LogP contribution in [0.25, 0.3) is 10.1 Å². The molecule has 6 heteroatoms. The predicted molar refractivity (Wildman–Crippen MR) is 117 cm³/mol. The van der Waals surface area contributed by atoms with E-state index in [0.717, 1.165) is 15.9 Å². The fourth-order valence-corrected chi connectivity index (χ4v) is 3.79. The maximum Gasteiger partial charge on any atom is 0.251 e. The van der Waals surface area contributed by atoms with Crippen LogP contribution in [0.3, 0.4) is 0 Å². The Bertz CT molecular complexity index is 1150. The van der Waals surface area contributed by atoms with Crippen molar-refractivity contribution in [2.45, 2.75) is 0 Å². The van der Waals surface area contributed by atoms with E-state index >= 15 is 0 Å². The summed E-state index contributed by atoms with van der Waals surface area (Å²) in [6, 6.07) is 23.9. The lowest BCUT2D eigenvalue weighted by Crippen LogP contribution is -2.29. The number of fused-ring (bicyclic) bond motifs is 1. The van der Waals surface area contributed by atoms with Crippen molar-refractivity contribution in [1.82, 2.24) is 9.69 Å². The second-order valence-electron chi connectivity index (χ2n) is 6.49. The number of carbonyl (C=O) groups is 2. The smallest absolute Gasteiger partial charge is 0.251 e. The molecule has 0 aliphatic carbocycles. The molecule has 0 saturated heterocycles. The highest BCUT2D eigenvalue weighted by atomic mass is 32.1. The molecule has 29 heavy (non-hydrogen) atoms. The van der Waals surface area contributed by atoms with Gasteiger partial charge in [0, 0.05) is 35.2 Å². The van der Waals surface area contributed by atoms with Crippen molar-refractivity contribution < 1.29 is 9.59 Å². The summed E-state index contributed by atoms with van der Waals surface area (Å²) in [4.78, 5) is 25.0. The molecular formula is C23H19N3O2S. The number of hydrogen-bond donors (Lipinski definition) is 2. The van der Waals surface area contributed by atoms with E-state index in [-0.39, 0.29) is 11.7 Å². The molecule has 5 nitrogen and oxygen atoms in total. The van der Waals surface area contributed by atoms with E-state index in [9.17, 15) is 9.59 Å². The SMILES string of the molecule is O=C(NCCNc1nsc2ccccc12)c1cccc(C(=O)c2ccccc2)c1. The van der Waals surface area contributed by atoms with Gasteiger partial charge in [-0.25, -0.2) is 0 Å². The summed E-state index contributed by atoms with van der Waals surface area (Å²) in [6.45, 7) is 1.00. The summed E-state index contributed by atoms with van der Waals surface area (Å²) in [6.07, 6.45) is 0. The van der Waals surface area contributed by atoms with E-state index in [1.807, 2.05) is 42.5 Å². The average molecular weight is 401 g/mol. The number of carbonyl (C=O) groups excluding carboxylic acids is 2. The summed E-state index contributed by atoms with van der Waals surface area (Å²) < 4.78 is 5.53. The lowest BCUT2D eigenvalue weighted by Gasteiger charge is -2.08. The standard InChI is InChI=1S/C23H19N3O2S/c27-21(16-7-2-1-3-8-16)17-9-6-10-18(15-17)23(28)25-14-13-24-22-19-11-4-5-12-20(19)29-26-22/h1-12,15H,13-14H2,(H,24,26)(H,25,28). The molecule has 4 rings (SSSR count). The molecule has 1 aromatic heterocycles. The fourth-order valence-electron chi connectivity index (χ4n) is 3.03. The molecule has 1 amide bonds. The Balaban J connectivity index is 1.35. The summed E-state index contributed by atoms with van der Waals surface area (Å²) in [5.41, 5.74) is 1.56. The molecule has 0 aliphatic rings. The topological polar surface area (TPSA) is 71.1 Å². The highest BCUT2D eigenvalue weighted by Gasteiger charge is 2.12. The van der Waals surface area contributed by atoms with Crippen LogP contribution in [0.4, 0.5) is 5.82 Å². The molecule has 1 heterocycles. The summed E-state index contributed by atoms with van der Waals surface area (Å²) >= 11 is 1.45. The Labute approximate surface area is 172 Å². The lowest BCUT2D eigenvalue weighted by molar-refractivity contribution is 0.0955. The van der Waals surface area contributed by atoms with Crippen molar-refractivity contribution >= 4 is 39.1 Å². The van der Waals surface area contributed by atoms with E-state index in [1.165, 1.54) is 11.5 Å². The average Bonchev–Trinajstić information content (AvgIpc) is 3.20. The van der Waals surface area contributed by atoms with E-state index in [0.29, 0.717) is 29.8 Å². The fraction of sp³-hybridized carbons (Fsp3) is 0.0870. The van der Waals surface area contributed by atoms with Crippen molar-refractivity contribution in [3.05, 3.63) is 95.6 Å². The zero-order valence-electron chi connectivity index (χ0n) is 15.6. The monoisotopic (exact) mass is 401 g/mol. The van der Waals surface area contributed by atoms with Gasteiger partial charge in [0.15, 0.2) is 5.78 Å². The molecule has 0 spiro atoms. The van der Waals surface area contributed by atoms with Crippen LogP contribution in [0.2, 0.25) is 0 Å². The van der Waals surface area contributed by atoms with Gasteiger partial charge in [0.25, 0.3) is 5.91 Å². The number of benzene rings is 3. The quantitative estimate of drug-likeness (QED) is 0.356. The van der Waals surface area contributed by atoms with Gasteiger partial charge in [0.05, 0.1) is 4.70 Å². The van der Waals surface area contributed by atoms with Crippen LogP contribution >= 0.6 is 11.5 Å². The van der Waals surface area contributed by atoms with Gasteiger partial charge in [-0.05, 0) is 35.8 Å². The molecule has 0 bridgehead atoms. The van der Waals surface area contributed by atoms with Gasteiger partial charge in [-0.3, -0.25) is 9.59 Å². The van der Waals surface area contributed by atoms with Crippen LogP contribution in [-0.2, 0) is 0 Å². The number of anilines is 1. The normalized spacial score (nSPS) is 10.6. The summed E-state index contributed by atoms with van der Waals surface area (Å²) in [7, 11) is 0. The number of nitrogens with one attached hydrogen (secondary N) is 2. The van der Waals surface area contributed by atoms with Crippen molar-refractivity contribution in [2.24, 2.45) is 0 Å². The zero-order valence-corrected chi connectivity index (χ0v) is 16.4. The third kappa shape index (κ3) is 4.33. The maximum absolute atomic E-state index is 12.6. The number of nitrogens with zero attached hydrogens (tertiary/aromatic N) is 1. The Morgan fingerprint density at radius 2 is 1.52 bits per heavy atom. The van der Waals surface area contributed by atoms with Crippen molar-refractivity contribution in [3.63, 3.8) is 0 Å². The van der Waals surface area contributed by atoms with Crippen molar-refractivity contribution in [2.75, 3.05) is 18.4 Å². The minimum absolute atomic E-state index is 0.0997. The number of hydrogen-bond acceptors (Lipinski definition) is 5. The molecule has 0 unspecified atom stereocenters. The third-order valence-corrected chi connectivity index (χ3v) is 5.33. The Morgan fingerprint density at radius 1 is 0.793 bits per heavy atom. The molecule has 0 radical (unpaired) electrons. The molecule has 0 aliphatic heterocycles. The van der Waals surface area contributed by atoms with Gasteiger partial charge in [-0.15, -0.1) is 0 Å². The highest BCUT2D eigenvalue weighted by molar-refractivity contribution is 7.13. The molecule has 4 aromatic rings. The minimum atomic E-state index is -0.211. The van der Waals surface area contributed by atoms with E-state index in [1.54, 1.807) is 36.4 Å². The maximum atomic E-state index is 12.6. The Morgan fingerprint density at radius 3 is 2.38 bits per heavy atom. The highest BCUT2D eigenvalue weighted by Crippen LogP contribution is 2.25. The Hall–Kier alpha value is -3.51. The predicted octanol–water partition coefficient (Wildman–Crippen LogP) is 4.37. The molecule has 0 atom stereocenters.